The van der Waals surface area contributed by atoms with Crippen molar-refractivity contribution in [1.82, 2.24) is 4.73 Å². The number of aldehydes is 1. The fourth-order valence-corrected chi connectivity index (χ4v) is 2.98. The van der Waals surface area contributed by atoms with E-state index >= 15 is 0 Å². The highest BCUT2D eigenvalue weighted by atomic mass is 35.5. The zero-order chi connectivity index (χ0) is 17.8. The molecule has 0 N–H and O–H groups in total. The van der Waals surface area contributed by atoms with Crippen LogP contribution in [-0.4, -0.2) is 17.6 Å². The minimum atomic E-state index is -0.357. The van der Waals surface area contributed by atoms with E-state index in [0.29, 0.717) is 34.3 Å². The number of benzene rings is 2. The standard InChI is InChI=1S/C20H18ClNO3/c1-2-3-11-25-22-18(13-23)19(14-7-5-4-6-8-14)17-12-15(21)9-10-16(17)20(22)24/h4-10,12-13H,2-3,11H2,1H3. The third kappa shape index (κ3) is 3.30. The van der Waals surface area contributed by atoms with Crippen LogP contribution in [0.3, 0.4) is 0 Å². The summed E-state index contributed by atoms with van der Waals surface area (Å²) >= 11 is 6.14. The summed E-state index contributed by atoms with van der Waals surface area (Å²) in [4.78, 5) is 30.3. The van der Waals surface area contributed by atoms with E-state index in [0.717, 1.165) is 23.1 Å². The molecule has 1 aromatic heterocycles. The molecule has 0 amide bonds. The van der Waals surface area contributed by atoms with Crippen molar-refractivity contribution in [3.63, 3.8) is 0 Å². The quantitative estimate of drug-likeness (QED) is 0.487. The molecule has 1 heterocycles. The highest BCUT2D eigenvalue weighted by molar-refractivity contribution is 6.31. The van der Waals surface area contributed by atoms with Crippen LogP contribution in [0, 0.1) is 0 Å². The van der Waals surface area contributed by atoms with E-state index in [1.165, 1.54) is 0 Å². The zero-order valence-electron chi connectivity index (χ0n) is 13.9. The highest BCUT2D eigenvalue weighted by Gasteiger charge is 2.19. The number of halogens is 1. The Balaban J connectivity index is 2.37. The number of nitrogens with zero attached hydrogens (tertiary/aromatic N) is 1. The van der Waals surface area contributed by atoms with E-state index in [1.807, 2.05) is 37.3 Å². The first-order valence-electron chi connectivity index (χ1n) is 8.19. The van der Waals surface area contributed by atoms with Gasteiger partial charge in [0.2, 0.25) is 0 Å². The Kier molecular flexibility index (Phi) is 5.19. The molecule has 0 aliphatic heterocycles. The number of carbonyl (C=O) groups is 1. The number of aromatic nitrogens is 1. The molecule has 5 heteroatoms. The summed E-state index contributed by atoms with van der Waals surface area (Å²) in [6, 6.07) is 14.5. The first kappa shape index (κ1) is 17.2. The Morgan fingerprint density at radius 1 is 1.12 bits per heavy atom. The average molecular weight is 356 g/mol. The van der Waals surface area contributed by atoms with Crippen LogP contribution in [0.2, 0.25) is 5.02 Å². The van der Waals surface area contributed by atoms with Gasteiger partial charge < -0.3 is 4.84 Å². The van der Waals surface area contributed by atoms with Crippen LogP contribution in [-0.2, 0) is 0 Å². The molecule has 4 nitrogen and oxygen atoms in total. The lowest BCUT2D eigenvalue weighted by atomic mass is 9.97. The Morgan fingerprint density at radius 2 is 1.88 bits per heavy atom. The van der Waals surface area contributed by atoms with Crippen molar-refractivity contribution in [2.75, 3.05) is 6.61 Å². The van der Waals surface area contributed by atoms with Gasteiger partial charge in [0.15, 0.2) is 6.29 Å². The number of rotatable bonds is 6. The summed E-state index contributed by atoms with van der Waals surface area (Å²) < 4.78 is 1.11. The van der Waals surface area contributed by atoms with E-state index in [2.05, 4.69) is 0 Å². The van der Waals surface area contributed by atoms with Crippen molar-refractivity contribution in [2.45, 2.75) is 19.8 Å². The molecule has 0 saturated heterocycles. The highest BCUT2D eigenvalue weighted by Crippen LogP contribution is 2.31. The SMILES string of the molecule is CCCCOn1c(C=O)c(-c2ccccc2)c2cc(Cl)ccc2c1=O. The summed E-state index contributed by atoms with van der Waals surface area (Å²) in [5.41, 5.74) is 1.31. The van der Waals surface area contributed by atoms with Crippen molar-refractivity contribution in [2.24, 2.45) is 0 Å². The van der Waals surface area contributed by atoms with Gasteiger partial charge in [0, 0.05) is 10.6 Å². The zero-order valence-corrected chi connectivity index (χ0v) is 14.6. The lowest BCUT2D eigenvalue weighted by molar-refractivity contribution is 0.0874. The summed E-state index contributed by atoms with van der Waals surface area (Å²) in [5.74, 6) is 0. The molecule has 2 aromatic carbocycles. The van der Waals surface area contributed by atoms with E-state index < -0.39 is 0 Å². The smallest absolute Gasteiger partial charge is 0.291 e. The summed E-state index contributed by atoms with van der Waals surface area (Å²) in [7, 11) is 0. The molecule has 3 aromatic rings. The fourth-order valence-electron chi connectivity index (χ4n) is 2.81. The molecule has 0 spiro atoms. The second-order valence-corrected chi connectivity index (χ2v) is 6.16. The molecule has 0 saturated carbocycles. The molecule has 0 radical (unpaired) electrons. The van der Waals surface area contributed by atoms with Gasteiger partial charge in [-0.15, -0.1) is 4.73 Å². The van der Waals surface area contributed by atoms with Crippen molar-refractivity contribution >= 4 is 28.7 Å². The molecule has 3 rings (SSSR count). The predicted octanol–water partition coefficient (Wildman–Crippen LogP) is 4.36. The maximum absolute atomic E-state index is 12.8. The maximum atomic E-state index is 12.8. The Hall–Kier alpha value is -2.59. The van der Waals surface area contributed by atoms with Gasteiger partial charge in [0.1, 0.15) is 12.3 Å². The van der Waals surface area contributed by atoms with E-state index in [9.17, 15) is 9.59 Å². The van der Waals surface area contributed by atoms with Gasteiger partial charge in [-0.3, -0.25) is 9.59 Å². The lowest BCUT2D eigenvalue weighted by Crippen LogP contribution is -2.31. The molecular formula is C20H18ClNO3. The second-order valence-electron chi connectivity index (χ2n) is 5.72. The number of fused-ring (bicyclic) bond motifs is 1. The van der Waals surface area contributed by atoms with Crippen LogP contribution in [0.4, 0.5) is 0 Å². The Bertz CT molecular complexity index is 964. The molecule has 0 atom stereocenters. The van der Waals surface area contributed by atoms with Crippen molar-refractivity contribution in [3.05, 3.63) is 69.6 Å². The number of hydrogen-bond acceptors (Lipinski definition) is 3. The van der Waals surface area contributed by atoms with Crippen LogP contribution >= 0.6 is 11.6 Å². The Morgan fingerprint density at radius 3 is 2.56 bits per heavy atom. The van der Waals surface area contributed by atoms with E-state index in [1.54, 1.807) is 18.2 Å². The summed E-state index contributed by atoms with van der Waals surface area (Å²) in [6.45, 7) is 2.40. The molecular weight excluding hydrogens is 338 g/mol. The van der Waals surface area contributed by atoms with Crippen LogP contribution in [0.1, 0.15) is 30.3 Å². The molecule has 0 unspecified atom stereocenters. The maximum Gasteiger partial charge on any atom is 0.291 e. The molecule has 0 bridgehead atoms. The Labute approximate surface area is 150 Å². The third-order valence-electron chi connectivity index (χ3n) is 4.03. The summed E-state index contributed by atoms with van der Waals surface area (Å²) in [5, 5.41) is 1.61. The van der Waals surface area contributed by atoms with Crippen molar-refractivity contribution in [3.8, 4) is 11.1 Å². The monoisotopic (exact) mass is 355 g/mol. The first-order valence-corrected chi connectivity index (χ1v) is 8.57. The number of carbonyl (C=O) groups excluding carboxylic acids is 1. The van der Waals surface area contributed by atoms with Gasteiger partial charge in [-0.05, 0) is 35.6 Å². The van der Waals surface area contributed by atoms with Gasteiger partial charge in [-0.2, -0.15) is 0 Å². The van der Waals surface area contributed by atoms with Gasteiger partial charge in [-0.1, -0.05) is 55.3 Å². The van der Waals surface area contributed by atoms with Crippen LogP contribution in [0.15, 0.2) is 53.3 Å². The predicted molar refractivity (Wildman–Crippen MR) is 100 cm³/mol. The van der Waals surface area contributed by atoms with Gasteiger partial charge >= 0.3 is 0 Å². The molecule has 25 heavy (non-hydrogen) atoms. The van der Waals surface area contributed by atoms with E-state index in [4.69, 9.17) is 16.4 Å². The van der Waals surface area contributed by atoms with E-state index in [-0.39, 0.29) is 11.3 Å². The third-order valence-corrected chi connectivity index (χ3v) is 4.27. The van der Waals surface area contributed by atoms with Crippen molar-refractivity contribution < 1.29 is 9.63 Å². The second kappa shape index (κ2) is 7.53. The number of pyridine rings is 1. The fraction of sp³-hybridized carbons (Fsp3) is 0.200. The summed E-state index contributed by atoms with van der Waals surface area (Å²) in [6.07, 6.45) is 2.39. The van der Waals surface area contributed by atoms with Crippen LogP contribution in [0.5, 0.6) is 0 Å². The molecule has 0 aliphatic carbocycles. The molecule has 128 valence electrons. The lowest BCUT2D eigenvalue weighted by Gasteiger charge is -2.17. The minimum Gasteiger partial charge on any atom is -0.410 e. The minimum absolute atomic E-state index is 0.196. The van der Waals surface area contributed by atoms with Crippen LogP contribution < -0.4 is 10.4 Å². The van der Waals surface area contributed by atoms with Crippen LogP contribution in [0.25, 0.3) is 21.9 Å². The van der Waals surface area contributed by atoms with Gasteiger partial charge in [-0.25, -0.2) is 0 Å². The first-order chi connectivity index (χ1) is 12.2. The number of hydrogen-bond donors (Lipinski definition) is 0. The largest absolute Gasteiger partial charge is 0.410 e. The number of unbranched alkanes of at least 4 members (excludes halogenated alkanes) is 1. The van der Waals surface area contributed by atoms with Gasteiger partial charge in [0.05, 0.1) is 5.39 Å². The topological polar surface area (TPSA) is 48.3 Å². The normalized spacial score (nSPS) is 10.8. The van der Waals surface area contributed by atoms with Gasteiger partial charge in [0.25, 0.3) is 5.56 Å². The molecule has 0 aliphatic rings. The molecule has 0 fully saturated rings. The van der Waals surface area contributed by atoms with Crippen molar-refractivity contribution in [1.29, 1.82) is 0 Å². The average Bonchev–Trinajstić information content (AvgIpc) is 2.63.